The Morgan fingerprint density at radius 3 is 2.64 bits per heavy atom. The first-order valence-corrected chi connectivity index (χ1v) is 13.0. The minimum absolute atomic E-state index is 0.0490. The van der Waals surface area contributed by atoms with Crippen molar-refractivity contribution >= 4 is 31.9 Å². The molecule has 2 heterocycles. The molecule has 1 aliphatic heterocycles. The van der Waals surface area contributed by atoms with Gasteiger partial charge in [0.1, 0.15) is 23.7 Å². The fourth-order valence-corrected chi connectivity index (χ4v) is 4.49. The lowest BCUT2D eigenvalue weighted by atomic mass is 10.2. The number of nitrogens with zero attached hydrogens (tertiary/aromatic N) is 2. The minimum atomic E-state index is -1.66. The highest BCUT2D eigenvalue weighted by molar-refractivity contribution is 7.45. The van der Waals surface area contributed by atoms with Gasteiger partial charge in [-0.05, 0) is 52.7 Å². The molecule has 1 fully saturated rings. The van der Waals surface area contributed by atoms with E-state index in [0.29, 0.717) is 24.6 Å². The van der Waals surface area contributed by atoms with Gasteiger partial charge in [-0.3, -0.25) is 4.79 Å². The number of hydrogen-bond acceptors (Lipinski definition) is 12. The molecule has 4 atom stereocenters. The van der Waals surface area contributed by atoms with Crippen LogP contribution < -0.4 is 31.1 Å². The number of nitrogens with one attached hydrogen (secondary N) is 2. The van der Waals surface area contributed by atoms with Crippen LogP contribution in [0.15, 0.2) is 30.3 Å². The zero-order valence-corrected chi connectivity index (χ0v) is 21.9. The van der Waals surface area contributed by atoms with E-state index in [1.165, 1.54) is 0 Å². The van der Waals surface area contributed by atoms with Gasteiger partial charge in [-0.15, -0.1) is 0 Å². The van der Waals surface area contributed by atoms with Crippen molar-refractivity contribution < 1.29 is 28.1 Å². The van der Waals surface area contributed by atoms with E-state index in [4.69, 9.17) is 34.7 Å². The van der Waals surface area contributed by atoms with Crippen LogP contribution in [0.3, 0.4) is 0 Å². The second-order valence-electron chi connectivity index (χ2n) is 8.34. The normalized spacial score (nSPS) is 19.0. The van der Waals surface area contributed by atoms with Gasteiger partial charge in [-0.2, -0.15) is 9.97 Å². The van der Waals surface area contributed by atoms with E-state index in [0.717, 1.165) is 6.42 Å². The molecule has 0 bridgehead atoms. The van der Waals surface area contributed by atoms with Gasteiger partial charge in [0.05, 0.1) is 25.4 Å². The third kappa shape index (κ3) is 8.34. The first-order chi connectivity index (χ1) is 17.2. The van der Waals surface area contributed by atoms with Crippen molar-refractivity contribution in [2.45, 2.75) is 65.0 Å². The van der Waals surface area contributed by atoms with Crippen LogP contribution in [0.5, 0.6) is 11.6 Å². The predicted octanol–water partition coefficient (Wildman–Crippen LogP) is 3.21. The lowest BCUT2D eigenvalue weighted by molar-refractivity contribution is -0.149. The lowest BCUT2D eigenvalue weighted by Gasteiger charge is -2.23. The van der Waals surface area contributed by atoms with Gasteiger partial charge < -0.3 is 40.0 Å². The first-order valence-electron chi connectivity index (χ1n) is 11.9. The monoisotopic (exact) mass is 522 g/mol. The van der Waals surface area contributed by atoms with Crippen molar-refractivity contribution in [3.63, 3.8) is 0 Å². The zero-order valence-electron chi connectivity index (χ0n) is 21.0. The van der Waals surface area contributed by atoms with E-state index < -0.39 is 14.6 Å². The average Bonchev–Trinajstić information content (AvgIpc) is 3.28. The molecule has 198 valence electrons. The number of nitrogens with two attached hydrogens (primary N) is 2. The van der Waals surface area contributed by atoms with Gasteiger partial charge in [-0.25, -0.2) is 5.09 Å². The molecule has 0 saturated carbocycles. The van der Waals surface area contributed by atoms with Crippen LogP contribution in [0.1, 0.15) is 40.5 Å². The fraction of sp³-hybridized carbons (Fsp3) is 0.522. The van der Waals surface area contributed by atoms with Crippen molar-refractivity contribution in [2.24, 2.45) is 0 Å². The molecule has 3 rings (SSSR count). The molecule has 1 aromatic heterocycles. The quantitative estimate of drug-likeness (QED) is 0.224. The number of carbonyl (C=O) groups excluding carboxylic acids is 1. The van der Waals surface area contributed by atoms with E-state index in [1.807, 2.05) is 37.3 Å². The molecule has 1 aliphatic rings. The summed E-state index contributed by atoms with van der Waals surface area (Å²) in [7, 11) is -1.66. The van der Waals surface area contributed by atoms with Gasteiger partial charge in [0.15, 0.2) is 5.82 Å². The second-order valence-corrected chi connectivity index (χ2v) is 9.56. The van der Waals surface area contributed by atoms with Crippen LogP contribution in [-0.4, -0.2) is 53.6 Å². The van der Waals surface area contributed by atoms with Crippen LogP contribution in [0, 0.1) is 0 Å². The Hall–Kier alpha value is -2.92. The van der Waals surface area contributed by atoms with Gasteiger partial charge >= 0.3 is 14.5 Å². The summed E-state index contributed by atoms with van der Waals surface area (Å²) in [4.78, 5) is 20.5. The molecule has 1 aromatic carbocycles. The summed E-state index contributed by atoms with van der Waals surface area (Å²) >= 11 is 0. The number of aromatic nitrogens is 2. The van der Waals surface area contributed by atoms with Crippen molar-refractivity contribution in [3.8, 4) is 11.6 Å². The third-order valence-corrected chi connectivity index (χ3v) is 6.29. The Kier molecular flexibility index (Phi) is 10.3. The molecule has 36 heavy (non-hydrogen) atoms. The maximum Gasteiger partial charge on any atom is 0.323 e. The second kappa shape index (κ2) is 13.4. The van der Waals surface area contributed by atoms with Crippen molar-refractivity contribution in [1.29, 1.82) is 0 Å². The van der Waals surface area contributed by atoms with Crippen LogP contribution in [0.2, 0.25) is 0 Å². The van der Waals surface area contributed by atoms with Crippen molar-refractivity contribution in [1.82, 2.24) is 15.1 Å². The molecule has 6 N–H and O–H groups in total. The number of ether oxygens (including phenoxy) is 3. The fourth-order valence-electron chi connectivity index (χ4n) is 3.27. The van der Waals surface area contributed by atoms with E-state index in [1.54, 1.807) is 20.8 Å². The molecule has 13 heteroatoms. The molecule has 4 unspecified atom stereocenters. The highest BCUT2D eigenvalue weighted by Gasteiger charge is 2.30. The van der Waals surface area contributed by atoms with E-state index in [-0.39, 0.29) is 48.5 Å². The summed E-state index contributed by atoms with van der Waals surface area (Å²) in [6, 6.07) is 8.62. The average molecular weight is 523 g/mol. The smallest absolute Gasteiger partial charge is 0.323 e. The minimum Gasteiger partial charge on any atom is -0.476 e. The van der Waals surface area contributed by atoms with Gasteiger partial charge in [0.25, 0.3) is 0 Å². The van der Waals surface area contributed by atoms with Gasteiger partial charge in [0.2, 0.25) is 11.8 Å². The Morgan fingerprint density at radius 2 is 1.94 bits per heavy atom. The maximum absolute atomic E-state index is 12.3. The first kappa shape index (κ1) is 27.7. The molecule has 0 spiro atoms. The molecule has 2 aromatic rings. The zero-order chi connectivity index (χ0) is 26.1. The molecular weight excluding hydrogens is 487 g/mol. The highest BCUT2D eigenvalue weighted by atomic mass is 31.2. The number of para-hydroxylation sites is 1. The Bertz CT molecular complexity index is 985. The Labute approximate surface area is 212 Å². The number of anilines is 3. The number of benzene rings is 1. The number of carbonyl (C=O) groups is 1. The Morgan fingerprint density at radius 1 is 1.19 bits per heavy atom. The number of hydrogen-bond donors (Lipinski definition) is 4. The van der Waals surface area contributed by atoms with Crippen LogP contribution >= 0.6 is 8.53 Å². The summed E-state index contributed by atoms with van der Waals surface area (Å²) in [6.45, 7) is 7.78. The van der Waals surface area contributed by atoms with Gasteiger partial charge in [-0.1, -0.05) is 18.2 Å². The highest BCUT2D eigenvalue weighted by Crippen LogP contribution is 2.37. The van der Waals surface area contributed by atoms with Crippen LogP contribution in [0.4, 0.5) is 17.5 Å². The molecule has 0 amide bonds. The molecule has 0 aliphatic carbocycles. The van der Waals surface area contributed by atoms with E-state index in [2.05, 4.69) is 20.4 Å². The summed E-state index contributed by atoms with van der Waals surface area (Å²) < 4.78 is 28.8. The van der Waals surface area contributed by atoms with Crippen LogP contribution in [0.25, 0.3) is 0 Å². The number of rotatable bonds is 13. The predicted molar refractivity (Wildman–Crippen MR) is 137 cm³/mol. The van der Waals surface area contributed by atoms with E-state index in [9.17, 15) is 4.79 Å². The van der Waals surface area contributed by atoms with Crippen LogP contribution in [-0.2, 0) is 18.8 Å². The summed E-state index contributed by atoms with van der Waals surface area (Å²) in [6.07, 6.45) is 0.653. The maximum atomic E-state index is 12.3. The summed E-state index contributed by atoms with van der Waals surface area (Å²) in [5.74, 6) is 0.867. The van der Waals surface area contributed by atoms with E-state index >= 15 is 0 Å². The van der Waals surface area contributed by atoms with Crippen molar-refractivity contribution in [2.75, 3.05) is 30.0 Å². The largest absolute Gasteiger partial charge is 0.476 e. The third-order valence-electron chi connectivity index (χ3n) is 4.93. The topological polar surface area (TPSA) is 165 Å². The van der Waals surface area contributed by atoms with Gasteiger partial charge in [0, 0.05) is 0 Å². The number of esters is 1. The van der Waals surface area contributed by atoms with Crippen molar-refractivity contribution in [3.05, 3.63) is 30.3 Å². The summed E-state index contributed by atoms with van der Waals surface area (Å²) in [5.41, 5.74) is 12.2. The molecule has 0 radical (unpaired) electrons. The molecular formula is C23H35N6O6P. The molecule has 12 nitrogen and oxygen atoms in total. The lowest BCUT2D eigenvalue weighted by Crippen LogP contribution is -2.35. The SMILES string of the molecule is CCOc1nc(N)nc(NC2CCC(COP(NC(C)C(=O)OC(C)C)Oc3ccccc3)O2)c1N. The summed E-state index contributed by atoms with van der Waals surface area (Å²) in [5, 5.41) is 6.25. The standard InChI is InChI=1S/C23H35N6O6P/c1-5-31-21-19(24)20(27-23(25)28-21)26-18-12-11-17(34-18)13-32-36(35-16-9-7-6-8-10-16)29-15(4)22(30)33-14(2)3/h6-10,14-15,17-18,29H,5,11-13,24H2,1-4H3,(H3,25,26,27,28). The molecule has 1 saturated heterocycles. The Balaban J connectivity index is 1.57. The number of nitrogen functional groups attached to an aromatic ring is 2.